The number of hydrogen-bond donors (Lipinski definition) is 2. The molecular formula is C6H8Cl4N2. The molecule has 0 aliphatic carbocycles. The molecule has 0 fully saturated rings. The third-order valence-corrected chi connectivity index (χ3v) is 1.77. The minimum atomic E-state index is 0. The maximum Gasteiger partial charge on any atom is 0.0656 e. The van der Waals surface area contributed by atoms with Gasteiger partial charge in [-0.1, -0.05) is 23.2 Å². The van der Waals surface area contributed by atoms with Gasteiger partial charge in [-0.05, 0) is 12.1 Å². The van der Waals surface area contributed by atoms with E-state index in [4.69, 9.17) is 34.7 Å². The Morgan fingerprint density at radius 3 is 1.33 bits per heavy atom. The Bertz CT molecular complexity index is 214. The van der Waals surface area contributed by atoms with Crippen LogP contribution < -0.4 is 11.5 Å². The summed E-state index contributed by atoms with van der Waals surface area (Å²) in [4.78, 5) is 0. The molecule has 0 atom stereocenters. The molecule has 0 aliphatic rings. The van der Waals surface area contributed by atoms with Gasteiger partial charge in [0.1, 0.15) is 0 Å². The summed E-state index contributed by atoms with van der Waals surface area (Å²) in [5, 5.41) is 0.865. The Balaban J connectivity index is 0. The van der Waals surface area contributed by atoms with Gasteiger partial charge in [-0.25, -0.2) is 0 Å². The fourth-order valence-electron chi connectivity index (χ4n) is 0.578. The lowest BCUT2D eigenvalue weighted by Crippen LogP contribution is -1.90. The van der Waals surface area contributed by atoms with Gasteiger partial charge in [0.25, 0.3) is 0 Å². The monoisotopic (exact) mass is 248 g/mol. The Labute approximate surface area is 93.0 Å². The number of nitrogens with two attached hydrogens (primary N) is 2. The molecule has 1 aromatic carbocycles. The first-order chi connectivity index (χ1) is 4.61. The molecule has 0 heterocycles. The first kappa shape index (κ1) is 14.5. The van der Waals surface area contributed by atoms with Crippen molar-refractivity contribution in [3.63, 3.8) is 0 Å². The van der Waals surface area contributed by atoms with Crippen molar-refractivity contribution in [3.8, 4) is 0 Å². The van der Waals surface area contributed by atoms with Gasteiger partial charge in [-0.2, -0.15) is 0 Å². The smallest absolute Gasteiger partial charge is 0.0656 e. The van der Waals surface area contributed by atoms with Crippen LogP contribution in [0.15, 0.2) is 12.1 Å². The highest BCUT2D eigenvalue weighted by molar-refractivity contribution is 6.36. The van der Waals surface area contributed by atoms with Crippen LogP contribution in [0, 0.1) is 0 Å². The van der Waals surface area contributed by atoms with Crippen molar-refractivity contribution >= 4 is 59.4 Å². The number of anilines is 2. The van der Waals surface area contributed by atoms with E-state index in [9.17, 15) is 0 Å². The van der Waals surface area contributed by atoms with Gasteiger partial charge in [0.05, 0.1) is 21.4 Å². The zero-order chi connectivity index (χ0) is 7.72. The van der Waals surface area contributed by atoms with Crippen LogP contribution in [0.4, 0.5) is 11.4 Å². The molecule has 1 rings (SSSR count). The molecule has 6 heteroatoms. The summed E-state index contributed by atoms with van der Waals surface area (Å²) in [7, 11) is 0. The lowest BCUT2D eigenvalue weighted by Gasteiger charge is -2.00. The molecule has 0 radical (unpaired) electrons. The van der Waals surface area contributed by atoms with Crippen LogP contribution in [0.5, 0.6) is 0 Å². The predicted octanol–water partition coefficient (Wildman–Crippen LogP) is 3.00. The Hall–Kier alpha value is -0.0200. The molecule has 0 amide bonds. The van der Waals surface area contributed by atoms with Crippen LogP contribution in [-0.4, -0.2) is 0 Å². The van der Waals surface area contributed by atoms with Gasteiger partial charge >= 0.3 is 0 Å². The van der Waals surface area contributed by atoms with E-state index in [0.29, 0.717) is 21.4 Å². The van der Waals surface area contributed by atoms with Crippen LogP contribution in [0.2, 0.25) is 10.0 Å². The third-order valence-electron chi connectivity index (χ3n) is 1.12. The summed E-state index contributed by atoms with van der Waals surface area (Å²) in [5.74, 6) is 0. The second-order valence-electron chi connectivity index (χ2n) is 1.90. The van der Waals surface area contributed by atoms with E-state index in [-0.39, 0.29) is 24.8 Å². The minimum Gasteiger partial charge on any atom is -0.397 e. The van der Waals surface area contributed by atoms with Gasteiger partial charge in [-0.3, -0.25) is 0 Å². The topological polar surface area (TPSA) is 52.0 Å². The number of halogens is 4. The SMILES string of the molecule is Cl.Cl.Nc1cc(Cl)c(N)cc1Cl. The van der Waals surface area contributed by atoms with E-state index < -0.39 is 0 Å². The highest BCUT2D eigenvalue weighted by Crippen LogP contribution is 2.28. The molecule has 0 bridgehead atoms. The van der Waals surface area contributed by atoms with Crippen LogP contribution in [-0.2, 0) is 0 Å². The lowest BCUT2D eigenvalue weighted by molar-refractivity contribution is 1.66. The van der Waals surface area contributed by atoms with Crippen molar-refractivity contribution < 1.29 is 0 Å². The molecule has 0 saturated carbocycles. The Morgan fingerprint density at radius 1 is 0.833 bits per heavy atom. The summed E-state index contributed by atoms with van der Waals surface area (Å²) in [6.07, 6.45) is 0. The molecule has 0 saturated heterocycles. The maximum absolute atomic E-state index is 5.62. The Kier molecular flexibility index (Phi) is 6.76. The summed E-state index contributed by atoms with van der Waals surface area (Å²) in [6, 6.07) is 3.05. The van der Waals surface area contributed by atoms with Crippen molar-refractivity contribution in [3.05, 3.63) is 22.2 Å². The maximum atomic E-state index is 5.62. The molecule has 70 valence electrons. The number of benzene rings is 1. The second kappa shape index (κ2) is 5.60. The zero-order valence-corrected chi connectivity index (χ0v) is 9.03. The summed E-state index contributed by atoms with van der Waals surface area (Å²) in [5.41, 5.74) is 11.7. The van der Waals surface area contributed by atoms with Crippen molar-refractivity contribution in [2.75, 3.05) is 11.5 Å². The van der Waals surface area contributed by atoms with E-state index in [0.717, 1.165) is 0 Å². The van der Waals surface area contributed by atoms with Gasteiger partial charge in [0.15, 0.2) is 0 Å². The summed E-state index contributed by atoms with van der Waals surface area (Å²) in [6.45, 7) is 0. The first-order valence-electron chi connectivity index (χ1n) is 2.61. The average Bonchev–Trinajstić information content (AvgIpc) is 1.84. The molecule has 0 spiro atoms. The largest absolute Gasteiger partial charge is 0.397 e. The second-order valence-corrected chi connectivity index (χ2v) is 2.71. The predicted molar refractivity (Wildman–Crippen MR) is 59.8 cm³/mol. The minimum absolute atomic E-state index is 0. The average molecular weight is 250 g/mol. The summed E-state index contributed by atoms with van der Waals surface area (Å²) >= 11 is 11.2. The quantitative estimate of drug-likeness (QED) is 0.695. The van der Waals surface area contributed by atoms with Crippen LogP contribution >= 0.6 is 48.0 Å². The number of nitrogen functional groups attached to an aromatic ring is 2. The van der Waals surface area contributed by atoms with Crippen LogP contribution in [0.25, 0.3) is 0 Å². The van der Waals surface area contributed by atoms with Crippen LogP contribution in [0.3, 0.4) is 0 Å². The Morgan fingerprint density at radius 2 is 1.08 bits per heavy atom. The van der Waals surface area contributed by atoms with Crippen LogP contribution in [0.1, 0.15) is 0 Å². The van der Waals surface area contributed by atoms with E-state index in [2.05, 4.69) is 0 Å². The normalized spacial score (nSPS) is 8.17. The van der Waals surface area contributed by atoms with Crippen molar-refractivity contribution in [2.24, 2.45) is 0 Å². The van der Waals surface area contributed by atoms with E-state index >= 15 is 0 Å². The lowest BCUT2D eigenvalue weighted by atomic mass is 10.3. The molecule has 4 N–H and O–H groups in total. The standard InChI is InChI=1S/C6H6Cl2N2.2ClH/c7-3-1-5(9)4(8)2-6(3)10;;/h1-2H,9-10H2;2*1H. The van der Waals surface area contributed by atoms with E-state index in [1.54, 1.807) is 0 Å². The fourth-order valence-corrected chi connectivity index (χ4v) is 0.922. The van der Waals surface area contributed by atoms with Crippen molar-refractivity contribution in [2.45, 2.75) is 0 Å². The molecule has 0 aromatic heterocycles. The molecule has 0 aliphatic heterocycles. The molecule has 1 aromatic rings. The van der Waals surface area contributed by atoms with Gasteiger partial charge in [-0.15, -0.1) is 24.8 Å². The van der Waals surface area contributed by atoms with Gasteiger partial charge in [0, 0.05) is 0 Å². The summed E-state index contributed by atoms with van der Waals surface area (Å²) < 4.78 is 0. The first-order valence-corrected chi connectivity index (χ1v) is 3.37. The molecule has 12 heavy (non-hydrogen) atoms. The van der Waals surface area contributed by atoms with Crippen molar-refractivity contribution in [1.82, 2.24) is 0 Å². The van der Waals surface area contributed by atoms with Gasteiger partial charge in [0.2, 0.25) is 0 Å². The molecular weight excluding hydrogens is 242 g/mol. The van der Waals surface area contributed by atoms with E-state index in [1.807, 2.05) is 0 Å². The highest BCUT2D eigenvalue weighted by Gasteiger charge is 2.00. The van der Waals surface area contributed by atoms with E-state index in [1.165, 1.54) is 12.1 Å². The fraction of sp³-hybridized carbons (Fsp3) is 0. The third kappa shape index (κ3) is 3.15. The zero-order valence-electron chi connectivity index (χ0n) is 5.88. The highest BCUT2D eigenvalue weighted by atomic mass is 35.5. The molecule has 2 nitrogen and oxygen atoms in total. The number of rotatable bonds is 0. The van der Waals surface area contributed by atoms with Gasteiger partial charge < -0.3 is 11.5 Å². The number of hydrogen-bond acceptors (Lipinski definition) is 2. The molecule has 0 unspecified atom stereocenters. The van der Waals surface area contributed by atoms with Crippen molar-refractivity contribution in [1.29, 1.82) is 0 Å².